The summed E-state index contributed by atoms with van der Waals surface area (Å²) < 4.78 is 0. The van der Waals surface area contributed by atoms with Gasteiger partial charge in [0.15, 0.2) is 0 Å². The average Bonchev–Trinajstić information content (AvgIpc) is 2.93. The van der Waals surface area contributed by atoms with E-state index >= 15 is 0 Å². The van der Waals surface area contributed by atoms with Crippen molar-refractivity contribution in [1.29, 1.82) is 0 Å². The predicted octanol–water partition coefficient (Wildman–Crippen LogP) is 4.10. The topological polar surface area (TPSA) is 50.2 Å². The Hall–Kier alpha value is -2.46. The van der Waals surface area contributed by atoms with E-state index in [0.29, 0.717) is 6.42 Å². The predicted molar refractivity (Wildman–Crippen MR) is 83.8 cm³/mol. The minimum Gasteiger partial charge on any atom is -0.476 e. The number of nitrogens with zero attached hydrogens (tertiary/aromatic N) is 1. The number of carboxylic acids is 1. The van der Waals surface area contributed by atoms with Gasteiger partial charge in [0, 0.05) is 6.42 Å². The van der Waals surface area contributed by atoms with E-state index in [2.05, 4.69) is 4.98 Å². The lowest BCUT2D eigenvalue weighted by Crippen LogP contribution is -1.96. The van der Waals surface area contributed by atoms with Crippen LogP contribution in [-0.4, -0.2) is 16.1 Å². The second kappa shape index (κ2) is 5.89. The summed E-state index contributed by atoms with van der Waals surface area (Å²) in [5, 5.41) is 9.32. The van der Waals surface area contributed by atoms with Crippen LogP contribution in [0.15, 0.2) is 60.7 Å². The van der Waals surface area contributed by atoms with E-state index in [9.17, 15) is 9.90 Å². The molecule has 3 nitrogen and oxygen atoms in total. The number of rotatable bonds is 4. The van der Waals surface area contributed by atoms with Crippen LogP contribution in [0.4, 0.5) is 0 Å². The minimum atomic E-state index is -0.975. The fourth-order valence-corrected chi connectivity index (χ4v) is 3.09. The van der Waals surface area contributed by atoms with Crippen molar-refractivity contribution < 1.29 is 9.90 Å². The molecular formula is C17H13NO2S. The van der Waals surface area contributed by atoms with Gasteiger partial charge in [-0.05, 0) is 11.1 Å². The summed E-state index contributed by atoms with van der Waals surface area (Å²) in [5.41, 5.74) is 2.94. The molecule has 1 aromatic heterocycles. The number of thiazole rings is 1. The molecule has 1 heterocycles. The largest absolute Gasteiger partial charge is 0.476 e. The highest BCUT2D eigenvalue weighted by Crippen LogP contribution is 2.31. The van der Waals surface area contributed by atoms with Crippen molar-refractivity contribution >= 4 is 17.3 Å². The number of hydrogen-bond donors (Lipinski definition) is 1. The number of carbonyl (C=O) groups is 1. The van der Waals surface area contributed by atoms with E-state index in [1.54, 1.807) is 0 Å². The van der Waals surface area contributed by atoms with Crippen molar-refractivity contribution in [3.8, 4) is 10.4 Å². The van der Waals surface area contributed by atoms with Crippen LogP contribution >= 0.6 is 11.3 Å². The van der Waals surface area contributed by atoms with E-state index < -0.39 is 5.97 Å². The molecule has 21 heavy (non-hydrogen) atoms. The SMILES string of the molecule is O=C(O)c1nc(Cc2ccccc2)c(-c2ccccc2)s1. The summed E-state index contributed by atoms with van der Waals surface area (Å²) in [6.45, 7) is 0. The molecule has 0 saturated carbocycles. The maximum absolute atomic E-state index is 11.2. The molecule has 0 unspecified atom stereocenters. The molecule has 0 amide bonds. The smallest absolute Gasteiger partial charge is 0.365 e. The molecule has 2 aromatic carbocycles. The van der Waals surface area contributed by atoms with E-state index in [1.807, 2.05) is 60.7 Å². The number of carboxylic acid groups (broad SMARTS) is 1. The average molecular weight is 295 g/mol. The van der Waals surface area contributed by atoms with Crippen LogP contribution in [-0.2, 0) is 6.42 Å². The zero-order valence-electron chi connectivity index (χ0n) is 11.2. The number of aromatic carboxylic acids is 1. The number of aromatic nitrogens is 1. The normalized spacial score (nSPS) is 10.5. The number of benzene rings is 2. The molecule has 0 aliphatic heterocycles. The highest BCUT2D eigenvalue weighted by atomic mass is 32.1. The van der Waals surface area contributed by atoms with Crippen LogP contribution in [0, 0.1) is 0 Å². The summed E-state index contributed by atoms with van der Waals surface area (Å²) in [6.07, 6.45) is 0.634. The highest BCUT2D eigenvalue weighted by molar-refractivity contribution is 7.17. The molecule has 4 heteroatoms. The third-order valence-electron chi connectivity index (χ3n) is 3.13. The number of hydrogen-bond acceptors (Lipinski definition) is 3. The van der Waals surface area contributed by atoms with Crippen LogP contribution in [0.2, 0.25) is 0 Å². The van der Waals surface area contributed by atoms with Crippen molar-refractivity contribution in [2.45, 2.75) is 6.42 Å². The molecule has 3 rings (SSSR count). The first-order chi connectivity index (χ1) is 10.2. The van der Waals surface area contributed by atoms with Gasteiger partial charge >= 0.3 is 5.97 Å². The van der Waals surface area contributed by atoms with E-state index in [0.717, 1.165) is 21.7 Å². The molecule has 0 spiro atoms. The Labute approximate surface area is 126 Å². The first kappa shape index (κ1) is 13.5. The Morgan fingerprint density at radius 3 is 2.24 bits per heavy atom. The van der Waals surface area contributed by atoms with Gasteiger partial charge < -0.3 is 5.11 Å². The van der Waals surface area contributed by atoms with Crippen molar-refractivity contribution in [1.82, 2.24) is 4.98 Å². The Morgan fingerprint density at radius 2 is 1.62 bits per heavy atom. The summed E-state index contributed by atoms with van der Waals surface area (Å²) in [6, 6.07) is 19.8. The molecule has 0 aliphatic rings. The third kappa shape index (κ3) is 3.01. The van der Waals surface area contributed by atoms with Crippen LogP contribution in [0.1, 0.15) is 21.1 Å². The van der Waals surface area contributed by atoms with Gasteiger partial charge in [-0.1, -0.05) is 60.7 Å². The van der Waals surface area contributed by atoms with Crippen molar-refractivity contribution in [2.75, 3.05) is 0 Å². The molecular weight excluding hydrogens is 282 g/mol. The van der Waals surface area contributed by atoms with Gasteiger partial charge in [0.2, 0.25) is 5.01 Å². The first-order valence-corrected chi connectivity index (χ1v) is 7.38. The highest BCUT2D eigenvalue weighted by Gasteiger charge is 2.17. The second-order valence-electron chi connectivity index (χ2n) is 4.63. The van der Waals surface area contributed by atoms with E-state index in [4.69, 9.17) is 0 Å². The minimum absolute atomic E-state index is 0.139. The Kier molecular flexibility index (Phi) is 3.79. The van der Waals surface area contributed by atoms with Gasteiger partial charge in [-0.2, -0.15) is 0 Å². The molecule has 1 N–H and O–H groups in total. The Balaban J connectivity index is 2.04. The molecule has 3 aromatic rings. The molecule has 0 saturated heterocycles. The van der Waals surface area contributed by atoms with Crippen LogP contribution in [0.3, 0.4) is 0 Å². The van der Waals surface area contributed by atoms with Gasteiger partial charge in [0.25, 0.3) is 0 Å². The lowest BCUT2D eigenvalue weighted by Gasteiger charge is -2.02. The standard InChI is InChI=1S/C17H13NO2S/c19-17(20)16-18-14(11-12-7-3-1-4-8-12)15(21-16)13-9-5-2-6-10-13/h1-10H,11H2,(H,19,20). The lowest BCUT2D eigenvalue weighted by molar-refractivity contribution is 0.0696. The molecule has 104 valence electrons. The zero-order valence-corrected chi connectivity index (χ0v) is 12.0. The van der Waals surface area contributed by atoms with E-state index in [1.165, 1.54) is 11.3 Å². The van der Waals surface area contributed by atoms with Crippen LogP contribution < -0.4 is 0 Å². The fraction of sp³-hybridized carbons (Fsp3) is 0.0588. The molecule has 0 fully saturated rings. The molecule has 0 aliphatic carbocycles. The van der Waals surface area contributed by atoms with Gasteiger partial charge in [-0.25, -0.2) is 9.78 Å². The maximum atomic E-state index is 11.2. The zero-order chi connectivity index (χ0) is 14.7. The maximum Gasteiger partial charge on any atom is 0.365 e. The Bertz CT molecular complexity index is 751. The quantitative estimate of drug-likeness (QED) is 0.788. The monoisotopic (exact) mass is 295 g/mol. The van der Waals surface area contributed by atoms with Gasteiger partial charge in [0.1, 0.15) is 0 Å². The molecule has 0 atom stereocenters. The van der Waals surface area contributed by atoms with Crippen molar-refractivity contribution in [3.63, 3.8) is 0 Å². The van der Waals surface area contributed by atoms with Crippen molar-refractivity contribution in [3.05, 3.63) is 76.9 Å². The summed E-state index contributed by atoms with van der Waals surface area (Å²) in [7, 11) is 0. The van der Waals surface area contributed by atoms with Crippen molar-refractivity contribution in [2.24, 2.45) is 0 Å². The molecule has 0 radical (unpaired) electrons. The fourth-order valence-electron chi connectivity index (χ4n) is 2.17. The summed E-state index contributed by atoms with van der Waals surface area (Å²) >= 11 is 1.23. The summed E-state index contributed by atoms with van der Waals surface area (Å²) in [5.74, 6) is -0.975. The second-order valence-corrected chi connectivity index (χ2v) is 5.63. The molecule has 0 bridgehead atoms. The van der Waals surface area contributed by atoms with Crippen LogP contribution in [0.25, 0.3) is 10.4 Å². The van der Waals surface area contributed by atoms with Gasteiger partial charge in [0.05, 0.1) is 10.6 Å². The lowest BCUT2D eigenvalue weighted by atomic mass is 10.1. The van der Waals surface area contributed by atoms with Crippen LogP contribution in [0.5, 0.6) is 0 Å². The summed E-state index contributed by atoms with van der Waals surface area (Å²) in [4.78, 5) is 16.4. The Morgan fingerprint density at radius 1 is 1.00 bits per heavy atom. The van der Waals surface area contributed by atoms with E-state index in [-0.39, 0.29) is 5.01 Å². The van der Waals surface area contributed by atoms with Gasteiger partial charge in [-0.3, -0.25) is 0 Å². The van der Waals surface area contributed by atoms with Gasteiger partial charge in [-0.15, -0.1) is 11.3 Å². The third-order valence-corrected chi connectivity index (χ3v) is 4.27. The first-order valence-electron chi connectivity index (χ1n) is 6.56.